The van der Waals surface area contributed by atoms with E-state index in [1.165, 1.54) is 21.3 Å². The SMILES string of the molecule is CCOC(=O)[C@@H](N[S@](=O)C(C)(C)C)c1c(OC)cc(OC)cc1OC. The van der Waals surface area contributed by atoms with E-state index >= 15 is 0 Å². The van der Waals surface area contributed by atoms with E-state index in [4.69, 9.17) is 18.9 Å². The van der Waals surface area contributed by atoms with Crippen molar-refractivity contribution in [2.75, 3.05) is 27.9 Å². The molecule has 1 aromatic carbocycles. The average Bonchev–Trinajstić information content (AvgIpc) is 2.57. The topological polar surface area (TPSA) is 83.1 Å². The predicted molar refractivity (Wildman–Crippen MR) is 96.5 cm³/mol. The molecule has 0 aliphatic carbocycles. The molecule has 1 rings (SSSR count). The molecule has 0 amide bonds. The minimum Gasteiger partial charge on any atom is -0.496 e. The summed E-state index contributed by atoms with van der Waals surface area (Å²) in [6.45, 7) is 7.32. The maximum Gasteiger partial charge on any atom is 0.328 e. The van der Waals surface area contributed by atoms with Crippen molar-refractivity contribution >= 4 is 17.0 Å². The van der Waals surface area contributed by atoms with Crippen molar-refractivity contribution in [3.63, 3.8) is 0 Å². The van der Waals surface area contributed by atoms with Gasteiger partial charge in [0.05, 0.1) is 49.2 Å². The van der Waals surface area contributed by atoms with Gasteiger partial charge in [-0.25, -0.2) is 13.7 Å². The number of nitrogens with one attached hydrogen (secondary N) is 1. The molecule has 142 valence electrons. The first-order chi connectivity index (χ1) is 11.7. The van der Waals surface area contributed by atoms with Gasteiger partial charge in [-0.05, 0) is 27.7 Å². The van der Waals surface area contributed by atoms with Crippen LogP contribution < -0.4 is 18.9 Å². The molecule has 0 saturated heterocycles. The second-order valence-corrected chi connectivity index (χ2v) is 8.13. The number of carbonyl (C=O) groups is 1. The first kappa shape index (κ1) is 21.2. The number of hydrogen-bond acceptors (Lipinski definition) is 6. The summed E-state index contributed by atoms with van der Waals surface area (Å²) >= 11 is 0. The Balaban J connectivity index is 3.48. The van der Waals surface area contributed by atoms with Crippen LogP contribution in [0.25, 0.3) is 0 Å². The van der Waals surface area contributed by atoms with Crippen molar-refractivity contribution in [3.8, 4) is 17.2 Å². The number of carbonyl (C=O) groups excluding carboxylic acids is 1. The molecule has 8 heteroatoms. The van der Waals surface area contributed by atoms with Crippen molar-refractivity contribution < 1.29 is 28.0 Å². The van der Waals surface area contributed by atoms with Gasteiger partial charge in [0.1, 0.15) is 23.3 Å². The Hall–Kier alpha value is -1.80. The number of ether oxygens (including phenoxy) is 4. The Morgan fingerprint density at radius 3 is 2.00 bits per heavy atom. The van der Waals surface area contributed by atoms with Gasteiger partial charge in [-0.1, -0.05) is 0 Å². The summed E-state index contributed by atoms with van der Waals surface area (Å²) in [7, 11) is 2.95. The van der Waals surface area contributed by atoms with Gasteiger partial charge in [-0.3, -0.25) is 0 Å². The summed E-state index contributed by atoms with van der Waals surface area (Å²) in [5, 5.41) is 0. The predicted octanol–water partition coefficient (Wildman–Crippen LogP) is 2.37. The lowest BCUT2D eigenvalue weighted by Gasteiger charge is -2.25. The lowest BCUT2D eigenvalue weighted by molar-refractivity contribution is -0.145. The zero-order chi connectivity index (χ0) is 19.2. The molecule has 0 aromatic heterocycles. The van der Waals surface area contributed by atoms with Gasteiger partial charge in [-0.15, -0.1) is 0 Å². The quantitative estimate of drug-likeness (QED) is 0.705. The third-order valence-electron chi connectivity index (χ3n) is 3.35. The number of rotatable bonds is 8. The second kappa shape index (κ2) is 9.05. The maximum absolute atomic E-state index is 12.6. The Kier molecular flexibility index (Phi) is 7.69. The van der Waals surface area contributed by atoms with Crippen LogP contribution in [0.3, 0.4) is 0 Å². The van der Waals surface area contributed by atoms with Gasteiger partial charge in [0, 0.05) is 12.1 Å². The standard InChI is InChI=1S/C17H27NO6S/c1-8-24-16(19)15(18-25(20)17(2,3)4)14-12(22-6)9-11(21-5)10-13(14)23-7/h9-10,15,18H,8H2,1-7H3/t15-,25+/m0/s1. The Morgan fingerprint density at radius 1 is 1.12 bits per heavy atom. The molecule has 0 fully saturated rings. The molecule has 0 aliphatic rings. The minimum absolute atomic E-state index is 0.194. The lowest BCUT2D eigenvalue weighted by atomic mass is 10.0. The van der Waals surface area contributed by atoms with E-state index in [1.54, 1.807) is 39.8 Å². The first-order valence-electron chi connectivity index (χ1n) is 7.84. The molecule has 1 aromatic rings. The number of esters is 1. The van der Waals surface area contributed by atoms with Gasteiger partial charge in [0.2, 0.25) is 0 Å². The largest absolute Gasteiger partial charge is 0.496 e. The molecule has 0 spiro atoms. The second-order valence-electron chi connectivity index (χ2n) is 6.13. The highest BCUT2D eigenvalue weighted by Crippen LogP contribution is 2.39. The van der Waals surface area contributed by atoms with Crippen LogP contribution in [0, 0.1) is 0 Å². The monoisotopic (exact) mass is 373 g/mol. The summed E-state index contributed by atoms with van der Waals surface area (Å²) in [4.78, 5) is 12.5. The Morgan fingerprint density at radius 2 is 1.64 bits per heavy atom. The molecular formula is C17H27NO6S. The lowest BCUT2D eigenvalue weighted by Crippen LogP contribution is -2.39. The molecule has 1 N–H and O–H groups in total. The molecule has 0 aliphatic heterocycles. The summed E-state index contributed by atoms with van der Waals surface area (Å²) < 4.78 is 36.0. The number of hydrogen-bond donors (Lipinski definition) is 1. The normalized spacial score (nSPS) is 13.7. The smallest absolute Gasteiger partial charge is 0.328 e. The summed E-state index contributed by atoms with van der Waals surface area (Å²) in [5.74, 6) is 0.680. The summed E-state index contributed by atoms with van der Waals surface area (Å²) in [5.41, 5.74) is 0.404. The fourth-order valence-corrected chi connectivity index (χ4v) is 2.83. The van der Waals surface area contributed by atoms with Crippen LogP contribution in [0.15, 0.2) is 12.1 Å². The average molecular weight is 373 g/mol. The van der Waals surface area contributed by atoms with E-state index in [9.17, 15) is 9.00 Å². The minimum atomic E-state index is -1.51. The highest BCUT2D eigenvalue weighted by molar-refractivity contribution is 7.84. The zero-order valence-electron chi connectivity index (χ0n) is 15.8. The van der Waals surface area contributed by atoms with Crippen molar-refractivity contribution in [1.82, 2.24) is 4.72 Å². The zero-order valence-corrected chi connectivity index (χ0v) is 16.6. The van der Waals surface area contributed by atoms with Crippen LogP contribution in [0.2, 0.25) is 0 Å². The van der Waals surface area contributed by atoms with Crippen LogP contribution >= 0.6 is 0 Å². The number of benzene rings is 1. The third-order valence-corrected chi connectivity index (χ3v) is 4.91. The van der Waals surface area contributed by atoms with Crippen molar-refractivity contribution in [2.24, 2.45) is 0 Å². The molecule has 7 nitrogen and oxygen atoms in total. The molecule has 0 bridgehead atoms. The van der Waals surface area contributed by atoms with Crippen LogP contribution in [-0.2, 0) is 20.5 Å². The highest BCUT2D eigenvalue weighted by atomic mass is 32.2. The fourth-order valence-electron chi connectivity index (χ4n) is 2.05. The van der Waals surface area contributed by atoms with E-state index in [-0.39, 0.29) is 6.61 Å². The maximum atomic E-state index is 12.6. The molecule has 0 saturated carbocycles. The third kappa shape index (κ3) is 5.34. The van der Waals surface area contributed by atoms with E-state index in [2.05, 4.69) is 4.72 Å². The van der Waals surface area contributed by atoms with Gasteiger partial charge < -0.3 is 18.9 Å². The van der Waals surface area contributed by atoms with E-state index < -0.39 is 27.7 Å². The molecule has 25 heavy (non-hydrogen) atoms. The molecular weight excluding hydrogens is 346 g/mol. The molecule has 0 radical (unpaired) electrons. The number of methoxy groups -OCH3 is 3. The van der Waals surface area contributed by atoms with E-state index in [0.717, 1.165) is 0 Å². The van der Waals surface area contributed by atoms with Gasteiger partial charge in [-0.2, -0.15) is 0 Å². The molecule has 2 atom stereocenters. The van der Waals surface area contributed by atoms with Crippen molar-refractivity contribution in [2.45, 2.75) is 38.5 Å². The van der Waals surface area contributed by atoms with Gasteiger partial charge >= 0.3 is 5.97 Å². The van der Waals surface area contributed by atoms with Gasteiger partial charge in [0.25, 0.3) is 0 Å². The van der Waals surface area contributed by atoms with Gasteiger partial charge in [0.15, 0.2) is 0 Å². The fraction of sp³-hybridized carbons (Fsp3) is 0.588. The van der Waals surface area contributed by atoms with E-state index in [0.29, 0.717) is 22.8 Å². The molecule has 0 heterocycles. The van der Waals surface area contributed by atoms with Crippen LogP contribution in [-0.4, -0.2) is 42.9 Å². The van der Waals surface area contributed by atoms with Crippen LogP contribution in [0.1, 0.15) is 39.3 Å². The first-order valence-corrected chi connectivity index (χ1v) is 8.99. The van der Waals surface area contributed by atoms with Crippen LogP contribution in [0.4, 0.5) is 0 Å². The Labute approximate surface area is 151 Å². The van der Waals surface area contributed by atoms with Crippen molar-refractivity contribution in [3.05, 3.63) is 17.7 Å². The highest BCUT2D eigenvalue weighted by Gasteiger charge is 2.33. The summed E-state index contributed by atoms with van der Waals surface area (Å²) in [6.07, 6.45) is 0. The Bertz CT molecular complexity index is 601. The molecule has 0 unspecified atom stereocenters. The van der Waals surface area contributed by atoms with Crippen molar-refractivity contribution in [1.29, 1.82) is 0 Å². The summed E-state index contributed by atoms with van der Waals surface area (Å²) in [6, 6.07) is 2.24. The van der Waals surface area contributed by atoms with E-state index in [1.807, 2.05) is 0 Å². The van der Waals surface area contributed by atoms with Crippen LogP contribution in [0.5, 0.6) is 17.2 Å².